The molecular weight excluding hydrogens is 723 g/mol. The summed E-state index contributed by atoms with van der Waals surface area (Å²) in [5, 5.41) is 37.3. The lowest BCUT2D eigenvalue weighted by Crippen LogP contribution is -2.54. The van der Waals surface area contributed by atoms with E-state index >= 15 is 0 Å². The Balaban J connectivity index is 0.767. The summed E-state index contributed by atoms with van der Waals surface area (Å²) in [5.74, 6) is 0.964. The third kappa shape index (κ3) is 7.14. The van der Waals surface area contributed by atoms with Crippen molar-refractivity contribution in [2.75, 3.05) is 35.2 Å². The minimum atomic E-state index is -0.970. The summed E-state index contributed by atoms with van der Waals surface area (Å²) in [6, 6.07) is 19.4. The van der Waals surface area contributed by atoms with Crippen LogP contribution in [0.4, 0.5) is 17.5 Å². The quantitative estimate of drug-likeness (QED) is 0.119. The zero-order chi connectivity index (χ0) is 39.0. The maximum Gasteiger partial charge on any atom is 0.225 e. The van der Waals surface area contributed by atoms with Gasteiger partial charge >= 0.3 is 0 Å². The molecule has 0 saturated carbocycles. The van der Waals surface area contributed by atoms with Crippen molar-refractivity contribution in [1.29, 1.82) is 0 Å². The van der Waals surface area contributed by atoms with Crippen LogP contribution in [0.25, 0.3) is 33.2 Å². The van der Waals surface area contributed by atoms with E-state index in [4.69, 9.17) is 15.7 Å². The Morgan fingerprint density at radius 2 is 1.72 bits per heavy atom. The number of para-hydroxylation sites is 1. The van der Waals surface area contributed by atoms with Crippen LogP contribution in [0.2, 0.25) is 0 Å². The molecule has 6 aromatic rings. The molecule has 2 aromatic carbocycles. The van der Waals surface area contributed by atoms with E-state index in [2.05, 4.69) is 58.4 Å². The molecule has 4 aromatic heterocycles. The molecule has 0 radical (unpaired) electrons. The number of hydrogen-bond acceptors (Lipinski definition) is 12. The molecule has 9 rings (SSSR count). The van der Waals surface area contributed by atoms with Gasteiger partial charge in [-0.3, -0.25) is 9.59 Å². The number of aryl methyl sites for hydroxylation is 1. The van der Waals surface area contributed by atoms with Crippen LogP contribution in [-0.4, -0.2) is 89.7 Å². The van der Waals surface area contributed by atoms with Gasteiger partial charge < -0.3 is 40.9 Å². The summed E-state index contributed by atoms with van der Waals surface area (Å²) in [4.78, 5) is 43.3. The fourth-order valence-electron chi connectivity index (χ4n) is 8.85. The smallest absolute Gasteiger partial charge is 0.225 e. The Hall–Kier alpha value is -6.35. The minimum Gasteiger partial charge on any atom is -0.507 e. The van der Waals surface area contributed by atoms with Crippen LogP contribution in [-0.2, 0) is 22.4 Å². The predicted octanol–water partition coefficient (Wildman–Crippen LogP) is 4.03. The van der Waals surface area contributed by atoms with Crippen LogP contribution < -0.4 is 26.2 Å². The molecule has 15 heteroatoms. The summed E-state index contributed by atoms with van der Waals surface area (Å²) in [7, 11) is 0. The van der Waals surface area contributed by atoms with Crippen molar-refractivity contribution in [3.63, 3.8) is 0 Å². The van der Waals surface area contributed by atoms with Crippen LogP contribution >= 0.6 is 0 Å². The number of fused-ring (bicyclic) bond motifs is 5. The fourth-order valence-corrected chi connectivity index (χ4v) is 8.85. The van der Waals surface area contributed by atoms with E-state index in [1.54, 1.807) is 30.7 Å². The lowest BCUT2D eigenvalue weighted by atomic mass is 10.0. The normalized spacial score (nSPS) is 20.6. The Bertz CT molecular complexity index is 2440. The molecule has 292 valence electrons. The summed E-state index contributed by atoms with van der Waals surface area (Å²) >= 11 is 0. The first kappa shape index (κ1) is 36.3. The zero-order valence-electron chi connectivity index (χ0n) is 31.5. The number of aromatic nitrogens is 6. The van der Waals surface area contributed by atoms with E-state index in [0.717, 1.165) is 78.4 Å². The second kappa shape index (κ2) is 15.3. The highest BCUT2D eigenvalue weighted by atomic mass is 16.3. The number of carbonyl (C=O) groups excluding carboxylic acids is 2. The molecule has 2 bridgehead atoms. The highest BCUT2D eigenvalue weighted by Gasteiger charge is 2.42. The van der Waals surface area contributed by atoms with Crippen LogP contribution in [0.3, 0.4) is 0 Å². The van der Waals surface area contributed by atoms with Crippen molar-refractivity contribution in [2.24, 2.45) is 0 Å². The first-order chi connectivity index (χ1) is 27.8. The molecule has 3 fully saturated rings. The van der Waals surface area contributed by atoms with Gasteiger partial charge in [-0.15, -0.1) is 10.2 Å². The van der Waals surface area contributed by atoms with Crippen LogP contribution in [0.1, 0.15) is 55.7 Å². The van der Waals surface area contributed by atoms with Crippen molar-refractivity contribution in [3.8, 4) is 17.0 Å². The number of aliphatic hydroxyl groups is 1. The van der Waals surface area contributed by atoms with E-state index in [0.29, 0.717) is 42.4 Å². The maximum absolute atomic E-state index is 12.9. The molecule has 15 nitrogen and oxygen atoms in total. The highest BCUT2D eigenvalue weighted by molar-refractivity contribution is 6.07. The number of unbranched alkanes of at least 4 members (excludes halogenated alkanes) is 1. The molecule has 0 spiro atoms. The highest BCUT2D eigenvalue weighted by Crippen LogP contribution is 2.38. The number of piperazine rings is 1. The second-order valence-electron chi connectivity index (χ2n) is 15.3. The van der Waals surface area contributed by atoms with E-state index in [9.17, 15) is 19.8 Å². The molecule has 4 atom stereocenters. The molecular formula is C42H45N11O4. The number of carbonyl (C=O) groups is 2. The predicted molar refractivity (Wildman–Crippen MR) is 216 cm³/mol. The average molecular weight is 768 g/mol. The summed E-state index contributed by atoms with van der Waals surface area (Å²) in [6.07, 6.45) is 10.0. The number of nitrogens with one attached hydrogen (secondary N) is 2. The lowest BCUT2D eigenvalue weighted by molar-refractivity contribution is -0.128. The van der Waals surface area contributed by atoms with Gasteiger partial charge in [-0.1, -0.05) is 18.2 Å². The SMILES string of the molecule is Nc1nnc(-c2ccccc2O)cc1N1CC2CCC(C1)N2c1ncc(CC(=O)NCCCCc2ccc3c(c2)c2cccnc2n3C2CCC(=O)NC2O)cn1. The number of amides is 2. The van der Waals surface area contributed by atoms with Gasteiger partial charge in [0.1, 0.15) is 17.6 Å². The molecule has 57 heavy (non-hydrogen) atoms. The van der Waals surface area contributed by atoms with Crippen molar-refractivity contribution in [1.82, 2.24) is 40.3 Å². The summed E-state index contributed by atoms with van der Waals surface area (Å²) in [5.41, 5.74) is 12.0. The number of phenolic OH excluding ortho intramolecular Hbond substituents is 1. The molecule has 4 unspecified atom stereocenters. The lowest BCUT2D eigenvalue weighted by Gasteiger charge is -2.42. The van der Waals surface area contributed by atoms with Gasteiger partial charge in [-0.05, 0) is 92.1 Å². The van der Waals surface area contributed by atoms with Gasteiger partial charge in [0.2, 0.25) is 17.8 Å². The number of anilines is 3. The average Bonchev–Trinajstić information content (AvgIpc) is 3.68. The number of hydrogen-bond donors (Lipinski definition) is 5. The molecule has 3 saturated heterocycles. The van der Waals surface area contributed by atoms with Gasteiger partial charge in [0, 0.05) is 73.1 Å². The molecule has 3 aliphatic rings. The van der Waals surface area contributed by atoms with Crippen molar-refractivity contribution in [2.45, 2.75) is 75.7 Å². The Morgan fingerprint density at radius 1 is 0.912 bits per heavy atom. The molecule has 7 heterocycles. The number of nitrogens with two attached hydrogens (primary N) is 1. The van der Waals surface area contributed by atoms with Crippen LogP contribution in [0.5, 0.6) is 5.75 Å². The van der Waals surface area contributed by atoms with Gasteiger partial charge in [0.15, 0.2) is 5.82 Å². The largest absolute Gasteiger partial charge is 0.507 e. The molecule has 6 N–H and O–H groups in total. The van der Waals surface area contributed by atoms with E-state index < -0.39 is 6.23 Å². The number of benzene rings is 2. The number of nitrogen functional groups attached to an aromatic ring is 1. The summed E-state index contributed by atoms with van der Waals surface area (Å²) in [6.45, 7) is 2.03. The minimum absolute atomic E-state index is 0.0606. The van der Waals surface area contributed by atoms with Gasteiger partial charge in [-0.25, -0.2) is 15.0 Å². The fraction of sp³-hybridized carbons (Fsp3) is 0.357. The number of piperidine rings is 1. The number of pyridine rings is 1. The van der Waals surface area contributed by atoms with E-state index in [1.807, 2.05) is 30.3 Å². The molecule has 0 aliphatic carbocycles. The number of rotatable bonds is 11. The number of nitrogens with zero attached hydrogens (tertiary/aromatic N) is 8. The topological polar surface area (TPSA) is 201 Å². The Morgan fingerprint density at radius 3 is 2.51 bits per heavy atom. The van der Waals surface area contributed by atoms with E-state index in [1.165, 1.54) is 5.56 Å². The second-order valence-corrected chi connectivity index (χ2v) is 15.3. The van der Waals surface area contributed by atoms with Gasteiger partial charge in [-0.2, -0.15) is 0 Å². The van der Waals surface area contributed by atoms with Crippen LogP contribution in [0.15, 0.2) is 79.3 Å². The number of aromatic hydroxyl groups is 1. The molecule has 3 aliphatic heterocycles. The Labute approximate surface area is 329 Å². The van der Waals surface area contributed by atoms with Gasteiger partial charge in [0.25, 0.3) is 0 Å². The number of phenols is 1. The third-order valence-corrected chi connectivity index (χ3v) is 11.6. The maximum atomic E-state index is 12.9. The Kier molecular flexibility index (Phi) is 9.74. The first-order valence-electron chi connectivity index (χ1n) is 19.7. The third-order valence-electron chi connectivity index (χ3n) is 11.6. The standard InChI is InChI=1S/C42H45N11O4/c43-39-35(20-32(49-50-39)30-7-1-2-9-36(30)54)51-23-27-11-12-28(24-51)52(27)42-46-21-26(22-47-42)19-38(56)44-16-4-3-6-25-10-13-33-31(18-25)29-8-5-17-45-40(29)53(33)34-14-15-37(55)48-41(34)57/h1-2,5,7-10,13,17-18,20-22,27-28,34,41,54,57H,3-4,6,11-12,14-16,19,23-24H2,(H2,43,50)(H,44,56)(H,48,55). The zero-order valence-corrected chi connectivity index (χ0v) is 31.5. The summed E-state index contributed by atoms with van der Waals surface area (Å²) < 4.78 is 2.06. The van der Waals surface area contributed by atoms with E-state index in [-0.39, 0.29) is 42.1 Å². The number of aliphatic hydroxyl groups excluding tert-OH is 1. The van der Waals surface area contributed by atoms with Crippen molar-refractivity contribution >= 4 is 51.2 Å². The first-order valence-corrected chi connectivity index (χ1v) is 19.7. The monoisotopic (exact) mass is 767 g/mol. The van der Waals surface area contributed by atoms with Gasteiger partial charge in [0.05, 0.1) is 29.4 Å². The molecule has 2 amide bonds. The van der Waals surface area contributed by atoms with Crippen LogP contribution in [0, 0.1) is 0 Å². The van der Waals surface area contributed by atoms with Crippen molar-refractivity contribution in [3.05, 3.63) is 90.4 Å². The van der Waals surface area contributed by atoms with Crippen molar-refractivity contribution < 1.29 is 19.8 Å².